The van der Waals surface area contributed by atoms with E-state index in [2.05, 4.69) is 27.1 Å². The number of nitrogens with one attached hydrogen (secondary N) is 1. The average molecular weight is 429 g/mol. The Hall–Kier alpha value is -3.27. The van der Waals surface area contributed by atoms with Gasteiger partial charge in [-0.3, -0.25) is 19.5 Å². The van der Waals surface area contributed by atoms with Crippen molar-refractivity contribution in [1.82, 2.24) is 14.7 Å². The van der Waals surface area contributed by atoms with Crippen molar-refractivity contribution in [2.45, 2.75) is 26.3 Å². The Morgan fingerprint density at radius 3 is 2.93 bits per heavy atom. The van der Waals surface area contributed by atoms with Crippen molar-refractivity contribution in [3.05, 3.63) is 39.2 Å². The number of carboxylic acids is 1. The number of aliphatic imine (C=N–C) groups is 2. The number of nitrogens with zero attached hydrogens (tertiary/aromatic N) is 5. The monoisotopic (exact) mass is 428 g/mol. The number of thiophene rings is 1. The summed E-state index contributed by atoms with van der Waals surface area (Å²) in [6.07, 6.45) is 4.04. The van der Waals surface area contributed by atoms with Gasteiger partial charge in [0.15, 0.2) is 0 Å². The Balaban J connectivity index is 1.77. The van der Waals surface area contributed by atoms with Crippen LogP contribution in [0.4, 0.5) is 5.82 Å². The standard InChI is InChI=1S/C20H24N6O3S/c1-12(10-22-11-23-17-5-7-24-25(17)4)18(21-3)16-9-14-15(30-16)6-8-26(19(14)27)13(2)20(28)29/h5,7,9-10,13,23H,3,6,8,11H2,1-2,4H3,(H,28,29)/b18-12-,22-10-. The molecule has 0 saturated carbocycles. The highest BCUT2D eigenvalue weighted by molar-refractivity contribution is 7.13. The maximum Gasteiger partial charge on any atom is 0.326 e. The second-order valence-corrected chi connectivity index (χ2v) is 8.02. The fourth-order valence-corrected chi connectivity index (χ4v) is 4.42. The Labute approximate surface area is 178 Å². The smallest absolute Gasteiger partial charge is 0.326 e. The molecule has 1 amide bonds. The van der Waals surface area contributed by atoms with Gasteiger partial charge >= 0.3 is 5.97 Å². The Kier molecular flexibility index (Phi) is 6.46. The molecule has 0 spiro atoms. The molecule has 0 aliphatic carbocycles. The van der Waals surface area contributed by atoms with E-state index in [4.69, 9.17) is 0 Å². The maximum atomic E-state index is 12.8. The summed E-state index contributed by atoms with van der Waals surface area (Å²) in [5.74, 6) is -0.411. The fraction of sp³-hybridized carbons (Fsp3) is 0.350. The minimum atomic E-state index is -1.01. The van der Waals surface area contributed by atoms with Crippen molar-refractivity contribution in [1.29, 1.82) is 0 Å². The van der Waals surface area contributed by atoms with E-state index in [1.54, 1.807) is 23.2 Å². The van der Waals surface area contributed by atoms with Crippen LogP contribution in [-0.4, -0.2) is 63.9 Å². The van der Waals surface area contributed by atoms with Crippen LogP contribution in [0.3, 0.4) is 0 Å². The number of carbonyl (C=O) groups is 2. The van der Waals surface area contributed by atoms with E-state index in [1.165, 1.54) is 23.2 Å². The Morgan fingerprint density at radius 2 is 2.30 bits per heavy atom. The highest BCUT2D eigenvalue weighted by Gasteiger charge is 2.33. The number of aromatic nitrogens is 2. The number of amides is 1. The number of carbonyl (C=O) groups excluding carboxylic acids is 1. The van der Waals surface area contributed by atoms with Crippen LogP contribution in [0, 0.1) is 0 Å². The number of aryl methyl sites for hydroxylation is 1. The van der Waals surface area contributed by atoms with Crippen molar-refractivity contribution in [3.63, 3.8) is 0 Å². The third-order valence-corrected chi connectivity index (χ3v) is 6.13. The summed E-state index contributed by atoms with van der Waals surface area (Å²) in [5.41, 5.74) is 2.01. The summed E-state index contributed by atoms with van der Waals surface area (Å²) in [4.78, 5) is 35.7. The lowest BCUT2D eigenvalue weighted by Crippen LogP contribution is -2.46. The molecule has 0 bridgehead atoms. The molecule has 1 unspecified atom stereocenters. The molecule has 0 radical (unpaired) electrons. The van der Waals surface area contributed by atoms with E-state index < -0.39 is 12.0 Å². The van der Waals surface area contributed by atoms with E-state index >= 15 is 0 Å². The molecule has 1 aliphatic rings. The zero-order chi connectivity index (χ0) is 21.8. The van der Waals surface area contributed by atoms with Gasteiger partial charge in [0.1, 0.15) is 18.5 Å². The van der Waals surface area contributed by atoms with Gasteiger partial charge in [0.25, 0.3) is 5.91 Å². The minimum absolute atomic E-state index is 0.260. The van der Waals surface area contributed by atoms with Gasteiger partial charge in [-0.15, -0.1) is 11.3 Å². The summed E-state index contributed by atoms with van der Waals surface area (Å²) in [6, 6.07) is 2.77. The summed E-state index contributed by atoms with van der Waals surface area (Å²) in [7, 11) is 1.84. The average Bonchev–Trinajstić information content (AvgIpc) is 3.32. The Morgan fingerprint density at radius 1 is 1.53 bits per heavy atom. The zero-order valence-corrected chi connectivity index (χ0v) is 17.9. The van der Waals surface area contributed by atoms with Crippen molar-refractivity contribution >= 4 is 47.7 Å². The van der Waals surface area contributed by atoms with Crippen LogP contribution in [0.1, 0.15) is 34.0 Å². The lowest BCUT2D eigenvalue weighted by Gasteiger charge is -2.29. The molecule has 0 fully saturated rings. The van der Waals surface area contributed by atoms with Gasteiger partial charge in [-0.05, 0) is 32.2 Å². The molecule has 2 N–H and O–H groups in total. The molecule has 30 heavy (non-hydrogen) atoms. The van der Waals surface area contributed by atoms with Crippen molar-refractivity contribution < 1.29 is 14.7 Å². The van der Waals surface area contributed by atoms with E-state index in [0.717, 1.165) is 21.1 Å². The summed E-state index contributed by atoms with van der Waals surface area (Å²) in [6.45, 7) is 7.84. The van der Waals surface area contributed by atoms with Crippen LogP contribution in [0.5, 0.6) is 0 Å². The second kappa shape index (κ2) is 9.04. The maximum absolute atomic E-state index is 12.8. The van der Waals surface area contributed by atoms with Crippen molar-refractivity contribution in [3.8, 4) is 0 Å². The number of allylic oxidation sites excluding steroid dienone is 1. The van der Waals surface area contributed by atoms with Gasteiger partial charge in [-0.25, -0.2) is 4.79 Å². The predicted octanol–water partition coefficient (Wildman–Crippen LogP) is 2.53. The first-order valence-corrected chi connectivity index (χ1v) is 10.2. The molecule has 2 aromatic rings. The number of fused-ring (bicyclic) bond motifs is 1. The lowest BCUT2D eigenvalue weighted by atomic mass is 10.1. The molecule has 1 atom stereocenters. The molecule has 158 valence electrons. The second-order valence-electron chi connectivity index (χ2n) is 6.89. The van der Waals surface area contributed by atoms with E-state index in [0.29, 0.717) is 30.9 Å². The third-order valence-electron chi connectivity index (χ3n) is 4.93. The lowest BCUT2D eigenvalue weighted by molar-refractivity contribution is -0.141. The van der Waals surface area contributed by atoms with Crippen molar-refractivity contribution in [2.24, 2.45) is 17.0 Å². The van der Waals surface area contributed by atoms with E-state index in [9.17, 15) is 14.7 Å². The molecule has 1 aliphatic heterocycles. The van der Waals surface area contributed by atoms with Gasteiger partial charge < -0.3 is 15.3 Å². The molecule has 10 heteroatoms. The summed E-state index contributed by atoms with van der Waals surface area (Å²) < 4.78 is 1.72. The first-order chi connectivity index (χ1) is 14.3. The number of anilines is 1. The first-order valence-electron chi connectivity index (χ1n) is 9.39. The molecule has 9 nitrogen and oxygen atoms in total. The molecular formula is C20H24N6O3S. The molecule has 0 saturated heterocycles. The van der Waals surface area contributed by atoms with Crippen LogP contribution >= 0.6 is 11.3 Å². The number of aliphatic carboxylic acids is 1. The molecule has 3 heterocycles. The van der Waals surface area contributed by atoms with Gasteiger partial charge in [-0.1, -0.05) is 0 Å². The summed E-state index contributed by atoms with van der Waals surface area (Å²) in [5, 5.41) is 16.5. The van der Waals surface area contributed by atoms with Crippen LogP contribution in [0.25, 0.3) is 5.70 Å². The van der Waals surface area contributed by atoms with Gasteiger partial charge in [0, 0.05) is 37.2 Å². The van der Waals surface area contributed by atoms with Gasteiger partial charge in [-0.2, -0.15) is 5.10 Å². The highest BCUT2D eigenvalue weighted by atomic mass is 32.1. The largest absolute Gasteiger partial charge is 0.480 e. The van der Waals surface area contributed by atoms with Crippen LogP contribution in [0.15, 0.2) is 33.9 Å². The van der Waals surface area contributed by atoms with Crippen LogP contribution < -0.4 is 5.32 Å². The zero-order valence-electron chi connectivity index (χ0n) is 17.1. The number of rotatable bonds is 8. The number of hydrogen-bond acceptors (Lipinski definition) is 7. The Bertz CT molecular complexity index is 1040. The van der Waals surface area contributed by atoms with Crippen molar-refractivity contribution in [2.75, 3.05) is 18.5 Å². The van der Waals surface area contributed by atoms with E-state index in [1.807, 2.05) is 20.0 Å². The molecule has 0 aromatic carbocycles. The summed E-state index contributed by atoms with van der Waals surface area (Å²) >= 11 is 1.49. The number of carboxylic acid groups (broad SMARTS) is 1. The first kappa shape index (κ1) is 21.4. The molecular weight excluding hydrogens is 404 g/mol. The molecule has 2 aromatic heterocycles. The minimum Gasteiger partial charge on any atom is -0.480 e. The SMILES string of the molecule is C=N/C(=C(C)\C=N/CNc1ccnn1C)c1cc2c(s1)CCN(C(C)C(=O)O)C2=O. The van der Waals surface area contributed by atoms with E-state index in [-0.39, 0.29) is 5.91 Å². The van der Waals surface area contributed by atoms with Gasteiger partial charge in [0.05, 0.1) is 22.3 Å². The van der Waals surface area contributed by atoms with Crippen LogP contribution in [-0.2, 0) is 18.3 Å². The topological polar surface area (TPSA) is 112 Å². The predicted molar refractivity (Wildman–Crippen MR) is 118 cm³/mol. The quantitative estimate of drug-likeness (QED) is 0.628. The third kappa shape index (κ3) is 4.33. The van der Waals surface area contributed by atoms with Crippen LogP contribution in [0.2, 0.25) is 0 Å². The number of hydrogen-bond donors (Lipinski definition) is 2. The van der Waals surface area contributed by atoms with Gasteiger partial charge in [0.2, 0.25) is 0 Å². The fourth-order valence-electron chi connectivity index (χ4n) is 3.21. The molecule has 3 rings (SSSR count). The normalized spacial score (nSPS) is 15.7. The highest BCUT2D eigenvalue weighted by Crippen LogP contribution is 2.34.